The van der Waals surface area contributed by atoms with E-state index in [-0.39, 0.29) is 17.5 Å². The van der Waals surface area contributed by atoms with Gasteiger partial charge < -0.3 is 5.11 Å². The third kappa shape index (κ3) is 3.93. The largest absolute Gasteiger partial charge is 0.507 e. The number of likely N-dealkylation sites (N-methyl/N-ethyl adjacent to an activating group) is 1. The predicted octanol–water partition coefficient (Wildman–Crippen LogP) is 4.92. The fourth-order valence-corrected chi connectivity index (χ4v) is 3.71. The molecule has 1 heterocycles. The fraction of sp³-hybridized carbons (Fsp3) is 0.111. The van der Waals surface area contributed by atoms with Gasteiger partial charge in [-0.2, -0.15) is 0 Å². The summed E-state index contributed by atoms with van der Waals surface area (Å²) in [4.78, 5) is 19.1. The number of thioether (sulfide) groups is 1. The summed E-state index contributed by atoms with van der Waals surface area (Å²) in [5.74, 6) is -0.416. The van der Waals surface area contributed by atoms with Crippen molar-refractivity contribution in [2.45, 2.75) is 6.92 Å². The number of nitrogens with zero attached hydrogens (tertiary/aromatic N) is 2. The normalized spacial score (nSPS) is 17.7. The molecule has 0 saturated carbocycles. The number of amides is 1. The van der Waals surface area contributed by atoms with E-state index in [4.69, 9.17) is 0 Å². The van der Waals surface area contributed by atoms with Crippen LogP contribution in [0.2, 0.25) is 0 Å². The molecule has 128 valence electrons. The van der Waals surface area contributed by atoms with Crippen LogP contribution in [0, 0.1) is 5.82 Å². The zero-order chi connectivity index (χ0) is 18.0. The number of rotatable bonds is 3. The first-order valence-corrected chi connectivity index (χ1v) is 9.13. The van der Waals surface area contributed by atoms with Crippen molar-refractivity contribution in [1.29, 1.82) is 0 Å². The Kier molecular flexibility index (Phi) is 5.24. The zero-order valence-corrected chi connectivity index (χ0v) is 15.6. The van der Waals surface area contributed by atoms with Gasteiger partial charge in [0.2, 0.25) is 0 Å². The summed E-state index contributed by atoms with van der Waals surface area (Å²) in [5.41, 5.74) is 1.12. The molecule has 1 fully saturated rings. The van der Waals surface area contributed by atoms with Crippen LogP contribution in [0.3, 0.4) is 0 Å². The number of phenolic OH excluding ortho intramolecular Hbond substituents is 1. The smallest absolute Gasteiger partial charge is 0.266 e. The Labute approximate surface area is 157 Å². The summed E-state index contributed by atoms with van der Waals surface area (Å²) in [7, 11) is 0. The Morgan fingerprint density at radius 3 is 2.68 bits per heavy atom. The van der Waals surface area contributed by atoms with Crippen molar-refractivity contribution in [1.82, 2.24) is 4.90 Å². The number of carbonyl (C=O) groups excluding carboxylic acids is 1. The molecule has 3 rings (SSSR count). The number of aromatic hydroxyl groups is 1. The first kappa shape index (κ1) is 17.7. The van der Waals surface area contributed by atoms with Crippen LogP contribution in [-0.4, -0.2) is 27.6 Å². The minimum atomic E-state index is -0.336. The molecule has 1 aliphatic rings. The van der Waals surface area contributed by atoms with Gasteiger partial charge in [-0.05, 0) is 67.2 Å². The van der Waals surface area contributed by atoms with Crippen LogP contribution in [0.1, 0.15) is 12.5 Å². The molecule has 2 aromatic carbocycles. The molecule has 1 aliphatic heterocycles. The van der Waals surface area contributed by atoms with Crippen molar-refractivity contribution < 1.29 is 14.3 Å². The number of benzene rings is 2. The number of carbonyl (C=O) groups is 1. The molecule has 0 bridgehead atoms. The second-order valence-corrected chi connectivity index (χ2v) is 7.16. The molecular weight excluding hydrogens is 407 g/mol. The number of hydrogen-bond acceptors (Lipinski definition) is 4. The molecule has 0 unspecified atom stereocenters. The van der Waals surface area contributed by atoms with Crippen LogP contribution in [0.15, 0.2) is 56.8 Å². The van der Waals surface area contributed by atoms with Crippen LogP contribution in [-0.2, 0) is 4.79 Å². The molecule has 0 aliphatic carbocycles. The highest BCUT2D eigenvalue weighted by atomic mass is 79.9. The van der Waals surface area contributed by atoms with Crippen molar-refractivity contribution in [3.63, 3.8) is 0 Å². The summed E-state index contributed by atoms with van der Waals surface area (Å²) in [5, 5.41) is 10.5. The molecule has 4 nitrogen and oxygen atoms in total. The lowest BCUT2D eigenvalue weighted by atomic mass is 10.2. The molecule has 7 heteroatoms. The first-order valence-electron chi connectivity index (χ1n) is 7.52. The third-order valence-corrected chi connectivity index (χ3v) is 5.03. The van der Waals surface area contributed by atoms with Crippen molar-refractivity contribution in [2.75, 3.05) is 6.54 Å². The van der Waals surface area contributed by atoms with Gasteiger partial charge in [0.25, 0.3) is 5.91 Å². The lowest BCUT2D eigenvalue weighted by Gasteiger charge is -2.11. The topological polar surface area (TPSA) is 52.9 Å². The van der Waals surface area contributed by atoms with Gasteiger partial charge in [0, 0.05) is 16.6 Å². The van der Waals surface area contributed by atoms with E-state index in [0.717, 1.165) is 4.47 Å². The van der Waals surface area contributed by atoms with Gasteiger partial charge in [0.1, 0.15) is 11.6 Å². The second kappa shape index (κ2) is 7.41. The van der Waals surface area contributed by atoms with Crippen LogP contribution < -0.4 is 0 Å². The quantitative estimate of drug-likeness (QED) is 0.716. The number of hydrogen-bond donors (Lipinski definition) is 1. The van der Waals surface area contributed by atoms with Gasteiger partial charge in [0.15, 0.2) is 5.17 Å². The standard InChI is InChI=1S/C18H14BrFN2O2S/c1-2-22-17(24)16(10-11-9-12(19)3-8-15(11)23)25-18(22)21-14-6-4-13(20)5-7-14/h3-10,23H,2H2,1H3/b16-10+,21-18?. The lowest BCUT2D eigenvalue weighted by molar-refractivity contribution is -0.122. The molecule has 0 atom stereocenters. The second-order valence-electron chi connectivity index (χ2n) is 5.23. The summed E-state index contributed by atoms with van der Waals surface area (Å²) >= 11 is 4.58. The van der Waals surface area contributed by atoms with Gasteiger partial charge in [-0.1, -0.05) is 15.9 Å². The van der Waals surface area contributed by atoms with E-state index in [1.54, 1.807) is 41.3 Å². The van der Waals surface area contributed by atoms with E-state index in [0.29, 0.717) is 27.9 Å². The molecule has 0 spiro atoms. The summed E-state index contributed by atoms with van der Waals surface area (Å²) in [6.45, 7) is 2.33. The lowest BCUT2D eigenvalue weighted by Crippen LogP contribution is -2.28. The average molecular weight is 421 g/mol. The van der Waals surface area contributed by atoms with Crippen molar-refractivity contribution in [2.24, 2.45) is 4.99 Å². The number of amidine groups is 1. The minimum absolute atomic E-state index is 0.0936. The summed E-state index contributed by atoms with van der Waals surface area (Å²) < 4.78 is 13.8. The SMILES string of the molecule is CCN1C(=O)/C(=C\c2cc(Br)ccc2O)SC1=Nc1ccc(F)cc1. The monoisotopic (exact) mass is 420 g/mol. The molecule has 0 aromatic heterocycles. The highest BCUT2D eigenvalue weighted by Gasteiger charge is 2.32. The van der Waals surface area contributed by atoms with E-state index in [1.165, 1.54) is 23.9 Å². The Bertz CT molecular complexity index is 881. The van der Waals surface area contributed by atoms with Crippen LogP contribution in [0.4, 0.5) is 10.1 Å². The van der Waals surface area contributed by atoms with E-state index in [2.05, 4.69) is 20.9 Å². The summed E-state index contributed by atoms with van der Waals surface area (Å²) in [6, 6.07) is 10.8. The molecule has 0 radical (unpaired) electrons. The minimum Gasteiger partial charge on any atom is -0.507 e. The van der Waals surface area contributed by atoms with E-state index in [1.807, 2.05) is 6.92 Å². The van der Waals surface area contributed by atoms with Crippen molar-refractivity contribution in [3.8, 4) is 5.75 Å². The highest BCUT2D eigenvalue weighted by Crippen LogP contribution is 2.35. The molecular formula is C18H14BrFN2O2S. The number of halogens is 2. The molecule has 25 heavy (non-hydrogen) atoms. The van der Waals surface area contributed by atoms with Gasteiger partial charge in [-0.15, -0.1) is 0 Å². The van der Waals surface area contributed by atoms with Gasteiger partial charge in [-0.3, -0.25) is 9.69 Å². The van der Waals surface area contributed by atoms with E-state index in [9.17, 15) is 14.3 Å². The Balaban J connectivity index is 1.96. The number of aliphatic imine (C=N–C) groups is 1. The third-order valence-electron chi connectivity index (χ3n) is 3.53. The number of phenols is 1. The molecule has 2 aromatic rings. The molecule has 1 N–H and O–H groups in total. The first-order chi connectivity index (χ1) is 12.0. The zero-order valence-electron chi connectivity index (χ0n) is 13.2. The van der Waals surface area contributed by atoms with Crippen molar-refractivity contribution >= 4 is 50.5 Å². The van der Waals surface area contributed by atoms with Gasteiger partial charge in [-0.25, -0.2) is 9.38 Å². The van der Waals surface area contributed by atoms with E-state index < -0.39 is 0 Å². The van der Waals surface area contributed by atoms with Crippen LogP contribution in [0.25, 0.3) is 6.08 Å². The van der Waals surface area contributed by atoms with Gasteiger partial charge >= 0.3 is 0 Å². The highest BCUT2D eigenvalue weighted by molar-refractivity contribution is 9.10. The van der Waals surface area contributed by atoms with Crippen LogP contribution in [0.5, 0.6) is 5.75 Å². The van der Waals surface area contributed by atoms with Gasteiger partial charge in [0.05, 0.1) is 10.6 Å². The maximum absolute atomic E-state index is 13.0. The maximum Gasteiger partial charge on any atom is 0.266 e. The predicted molar refractivity (Wildman–Crippen MR) is 102 cm³/mol. The molecule has 1 saturated heterocycles. The Morgan fingerprint density at radius 1 is 1.28 bits per heavy atom. The summed E-state index contributed by atoms with van der Waals surface area (Å²) in [6.07, 6.45) is 1.64. The van der Waals surface area contributed by atoms with Crippen molar-refractivity contribution in [3.05, 3.63) is 63.2 Å². The average Bonchev–Trinajstić information content (AvgIpc) is 2.88. The Hall–Kier alpha value is -2.12. The van der Waals surface area contributed by atoms with Crippen LogP contribution >= 0.6 is 27.7 Å². The maximum atomic E-state index is 13.0. The Morgan fingerprint density at radius 2 is 2.00 bits per heavy atom. The fourth-order valence-electron chi connectivity index (χ4n) is 2.28. The van der Waals surface area contributed by atoms with E-state index >= 15 is 0 Å². The molecule has 1 amide bonds.